The molecular weight excluding hydrogens is 132 g/mol. The number of nitrogens with two attached hydrogens (primary N) is 2. The van der Waals surface area contributed by atoms with Crippen LogP contribution in [0.25, 0.3) is 0 Å². The molecule has 5 nitrogen and oxygen atoms in total. The van der Waals surface area contributed by atoms with Crippen molar-refractivity contribution in [2.24, 2.45) is 11.5 Å². The van der Waals surface area contributed by atoms with Crippen LogP contribution < -0.4 is 16.8 Å². The maximum atomic E-state index is 10.6. The molecule has 5 heteroatoms. The van der Waals surface area contributed by atoms with Crippen LogP contribution in [0.3, 0.4) is 0 Å². The summed E-state index contributed by atoms with van der Waals surface area (Å²) in [4.78, 5) is 10.6. The van der Waals surface area contributed by atoms with Gasteiger partial charge < -0.3 is 16.8 Å². The average Bonchev–Trinajstić information content (AvgIpc) is 2.46. The lowest BCUT2D eigenvalue weighted by atomic mass is 10.2. The molecule has 0 radical (unpaired) electrons. The summed E-state index contributed by atoms with van der Waals surface area (Å²) in [6.07, 6.45) is 1.36. The highest BCUT2D eigenvalue weighted by Gasteiger charge is 2.48. The Kier molecular flexibility index (Phi) is 1.28. The number of hydrogen-bond acceptors (Lipinski definition) is 2. The number of rotatable bonds is 2. The first-order valence-electron chi connectivity index (χ1n) is 2.99. The van der Waals surface area contributed by atoms with Crippen LogP contribution in [0, 0.1) is 5.41 Å². The van der Waals surface area contributed by atoms with Crippen LogP contribution in [0.2, 0.25) is 0 Å². The molecule has 0 bridgehead atoms. The second kappa shape index (κ2) is 1.86. The first-order valence-corrected chi connectivity index (χ1v) is 2.99. The molecule has 0 aromatic heterocycles. The van der Waals surface area contributed by atoms with Gasteiger partial charge in [-0.1, -0.05) is 0 Å². The van der Waals surface area contributed by atoms with Crippen LogP contribution >= 0.6 is 0 Å². The van der Waals surface area contributed by atoms with Gasteiger partial charge in [0.15, 0.2) is 5.96 Å². The third-order valence-electron chi connectivity index (χ3n) is 1.60. The van der Waals surface area contributed by atoms with E-state index < -0.39 is 11.4 Å². The van der Waals surface area contributed by atoms with E-state index in [1.807, 2.05) is 0 Å². The Labute approximate surface area is 58.3 Å². The fraction of sp³-hybridized carbons (Fsp3) is 0.600. The van der Waals surface area contributed by atoms with Crippen LogP contribution in [0.4, 0.5) is 0 Å². The van der Waals surface area contributed by atoms with E-state index in [2.05, 4.69) is 5.32 Å². The third kappa shape index (κ3) is 1.02. The highest BCUT2D eigenvalue weighted by Crippen LogP contribution is 2.34. The van der Waals surface area contributed by atoms with Gasteiger partial charge in [-0.05, 0) is 12.8 Å². The van der Waals surface area contributed by atoms with Gasteiger partial charge in [-0.3, -0.25) is 10.2 Å². The summed E-state index contributed by atoms with van der Waals surface area (Å²) in [6, 6.07) is 0. The van der Waals surface area contributed by atoms with Gasteiger partial charge >= 0.3 is 0 Å². The second-order valence-electron chi connectivity index (χ2n) is 2.49. The molecule has 1 fully saturated rings. The Morgan fingerprint density at radius 2 is 2.00 bits per heavy atom. The maximum absolute atomic E-state index is 10.6. The maximum Gasteiger partial charge on any atom is 0.243 e. The topological polar surface area (TPSA) is 105 Å². The number of amides is 1. The molecule has 0 aliphatic heterocycles. The summed E-state index contributed by atoms with van der Waals surface area (Å²) in [5, 5.41) is 9.36. The van der Waals surface area contributed by atoms with Gasteiger partial charge in [-0.15, -0.1) is 0 Å². The Morgan fingerprint density at radius 3 is 2.10 bits per heavy atom. The molecule has 56 valence electrons. The highest BCUT2D eigenvalue weighted by atomic mass is 16.1. The quantitative estimate of drug-likeness (QED) is 0.278. The zero-order valence-electron chi connectivity index (χ0n) is 5.48. The van der Waals surface area contributed by atoms with Crippen molar-refractivity contribution in [1.29, 1.82) is 5.41 Å². The lowest BCUT2D eigenvalue weighted by molar-refractivity contribution is -0.120. The molecule has 1 aliphatic rings. The first-order chi connectivity index (χ1) is 4.57. The number of guanidine groups is 1. The molecule has 1 saturated carbocycles. The van der Waals surface area contributed by atoms with Crippen molar-refractivity contribution in [2.75, 3.05) is 0 Å². The molecule has 6 N–H and O–H groups in total. The van der Waals surface area contributed by atoms with E-state index in [-0.39, 0.29) is 5.96 Å². The Bertz CT molecular complexity index is 184. The summed E-state index contributed by atoms with van der Waals surface area (Å²) in [5.74, 6) is -0.626. The molecule has 0 aromatic rings. The van der Waals surface area contributed by atoms with Gasteiger partial charge in [0.2, 0.25) is 5.91 Å². The van der Waals surface area contributed by atoms with Crippen molar-refractivity contribution in [3.63, 3.8) is 0 Å². The molecule has 0 aromatic carbocycles. The molecule has 0 saturated heterocycles. The van der Waals surface area contributed by atoms with Crippen molar-refractivity contribution in [1.82, 2.24) is 5.32 Å². The number of nitrogens with one attached hydrogen (secondary N) is 2. The van der Waals surface area contributed by atoms with Crippen LogP contribution in [-0.2, 0) is 4.79 Å². The number of hydrogen-bond donors (Lipinski definition) is 4. The fourth-order valence-electron chi connectivity index (χ4n) is 0.816. The molecule has 1 aliphatic carbocycles. The number of carbonyl (C=O) groups is 1. The second-order valence-corrected chi connectivity index (χ2v) is 2.49. The van der Waals surface area contributed by atoms with Crippen molar-refractivity contribution in [3.05, 3.63) is 0 Å². The van der Waals surface area contributed by atoms with E-state index in [1.165, 1.54) is 0 Å². The third-order valence-corrected chi connectivity index (χ3v) is 1.60. The van der Waals surface area contributed by atoms with E-state index in [0.29, 0.717) is 12.8 Å². The normalized spacial score (nSPS) is 19.6. The first kappa shape index (κ1) is 6.85. The summed E-state index contributed by atoms with van der Waals surface area (Å²) in [7, 11) is 0. The van der Waals surface area contributed by atoms with Crippen LogP contribution in [0.15, 0.2) is 0 Å². The zero-order valence-corrected chi connectivity index (χ0v) is 5.48. The monoisotopic (exact) mass is 142 g/mol. The minimum absolute atomic E-state index is 0.198. The van der Waals surface area contributed by atoms with Gasteiger partial charge in [0.05, 0.1) is 0 Å². The molecule has 0 atom stereocenters. The highest BCUT2D eigenvalue weighted by molar-refractivity contribution is 5.92. The molecule has 1 amide bonds. The van der Waals surface area contributed by atoms with E-state index >= 15 is 0 Å². The van der Waals surface area contributed by atoms with Gasteiger partial charge in [-0.2, -0.15) is 0 Å². The summed E-state index contributed by atoms with van der Waals surface area (Å²) in [5.41, 5.74) is 9.36. The van der Waals surface area contributed by atoms with Crippen molar-refractivity contribution < 1.29 is 4.79 Å². The fourth-order valence-corrected chi connectivity index (χ4v) is 0.816. The van der Waals surface area contributed by atoms with E-state index in [4.69, 9.17) is 16.9 Å². The molecule has 0 spiro atoms. The number of primary amides is 1. The van der Waals surface area contributed by atoms with Gasteiger partial charge in [-0.25, -0.2) is 0 Å². The summed E-state index contributed by atoms with van der Waals surface area (Å²) < 4.78 is 0. The van der Waals surface area contributed by atoms with Crippen LogP contribution in [-0.4, -0.2) is 17.4 Å². The van der Waals surface area contributed by atoms with Crippen molar-refractivity contribution in [2.45, 2.75) is 18.4 Å². The molecular formula is C5H10N4O. The smallest absolute Gasteiger partial charge is 0.243 e. The van der Waals surface area contributed by atoms with Crippen LogP contribution in [0.5, 0.6) is 0 Å². The minimum Gasteiger partial charge on any atom is -0.370 e. The van der Waals surface area contributed by atoms with Gasteiger partial charge in [0.25, 0.3) is 0 Å². The van der Waals surface area contributed by atoms with Crippen molar-refractivity contribution in [3.8, 4) is 0 Å². The van der Waals surface area contributed by atoms with Crippen LogP contribution in [0.1, 0.15) is 12.8 Å². The van der Waals surface area contributed by atoms with E-state index in [9.17, 15) is 4.79 Å². The standard InChI is InChI=1S/C5H10N4O/c6-3(10)5(1-2-5)9-4(7)8/h1-2H2,(H2,6,10)(H4,7,8,9). The predicted octanol–water partition coefficient (Wildman–Crippen LogP) is -1.51. The SMILES string of the molecule is N=C(N)NC1(C(N)=O)CC1. The molecule has 0 heterocycles. The van der Waals surface area contributed by atoms with Gasteiger partial charge in [0.1, 0.15) is 5.54 Å². The average molecular weight is 142 g/mol. The molecule has 10 heavy (non-hydrogen) atoms. The van der Waals surface area contributed by atoms with Crippen molar-refractivity contribution >= 4 is 11.9 Å². The largest absolute Gasteiger partial charge is 0.370 e. The number of carbonyl (C=O) groups excluding carboxylic acids is 1. The molecule has 0 unspecified atom stereocenters. The molecule has 1 rings (SSSR count). The lowest BCUT2D eigenvalue weighted by Crippen LogP contribution is -2.49. The zero-order chi connectivity index (χ0) is 7.78. The lowest BCUT2D eigenvalue weighted by Gasteiger charge is -2.11. The minimum atomic E-state index is -0.689. The summed E-state index contributed by atoms with van der Waals surface area (Å²) in [6.45, 7) is 0. The van der Waals surface area contributed by atoms with Gasteiger partial charge in [0, 0.05) is 0 Å². The Balaban J connectivity index is 2.53. The Hall–Kier alpha value is -1.26. The predicted molar refractivity (Wildman–Crippen MR) is 36.2 cm³/mol. The Morgan fingerprint density at radius 1 is 1.50 bits per heavy atom. The summed E-state index contributed by atoms with van der Waals surface area (Å²) >= 11 is 0. The van der Waals surface area contributed by atoms with E-state index in [0.717, 1.165) is 0 Å². The van der Waals surface area contributed by atoms with E-state index in [1.54, 1.807) is 0 Å².